The normalized spacial score (nSPS) is 22.7. The van der Waals surface area contributed by atoms with Gasteiger partial charge in [-0.25, -0.2) is 0 Å². The zero-order valence-electron chi connectivity index (χ0n) is 22.6. The van der Waals surface area contributed by atoms with Gasteiger partial charge in [0.15, 0.2) is 0 Å². The molecule has 4 nitrogen and oxygen atoms in total. The summed E-state index contributed by atoms with van der Waals surface area (Å²) >= 11 is 5.64. The lowest BCUT2D eigenvalue weighted by atomic mass is 9.73. The molecule has 2 aromatic carbocycles. The van der Waals surface area contributed by atoms with Gasteiger partial charge in [-0.3, -0.25) is 4.90 Å². The summed E-state index contributed by atoms with van der Waals surface area (Å²) in [5.41, 5.74) is 5.72. The third-order valence-electron chi connectivity index (χ3n) is 7.70. The number of hydrogen-bond acceptors (Lipinski definition) is 4. The van der Waals surface area contributed by atoms with Crippen molar-refractivity contribution in [2.45, 2.75) is 77.8 Å². The molecule has 4 atom stereocenters. The van der Waals surface area contributed by atoms with E-state index in [0.29, 0.717) is 22.7 Å². The highest BCUT2D eigenvalue weighted by Gasteiger charge is 2.34. The summed E-state index contributed by atoms with van der Waals surface area (Å²) < 4.78 is 6.30. The van der Waals surface area contributed by atoms with Gasteiger partial charge in [-0.15, -0.1) is 0 Å². The number of ether oxygens (including phenoxy) is 1. The first-order valence-electron chi connectivity index (χ1n) is 13.8. The van der Waals surface area contributed by atoms with Gasteiger partial charge in [-0.05, 0) is 80.9 Å². The molecule has 4 rings (SSSR count). The summed E-state index contributed by atoms with van der Waals surface area (Å²) in [7, 11) is 0. The minimum atomic E-state index is 0.0264. The van der Waals surface area contributed by atoms with E-state index in [1.54, 1.807) is 0 Å². The van der Waals surface area contributed by atoms with Crippen LogP contribution in [0.25, 0.3) is 0 Å². The Labute approximate surface area is 228 Å². The number of nitrogens with zero attached hydrogens (tertiary/aromatic N) is 1. The number of allylic oxidation sites excluding steroid dienone is 3. The van der Waals surface area contributed by atoms with Gasteiger partial charge in [0.05, 0.1) is 0 Å². The van der Waals surface area contributed by atoms with Gasteiger partial charge in [-0.2, -0.15) is 0 Å². The number of benzene rings is 2. The van der Waals surface area contributed by atoms with Crippen LogP contribution in [0.15, 0.2) is 66.3 Å². The number of aryl methyl sites for hydroxylation is 1. The molecule has 2 unspecified atom stereocenters. The van der Waals surface area contributed by atoms with Crippen molar-refractivity contribution in [2.75, 3.05) is 13.1 Å². The van der Waals surface area contributed by atoms with Gasteiger partial charge in [0, 0.05) is 37.2 Å². The first-order chi connectivity index (χ1) is 17.9. The number of nitrogens with one attached hydrogen (secondary N) is 1. The maximum absolute atomic E-state index is 11.3. The van der Waals surface area contributed by atoms with Crippen molar-refractivity contribution in [3.05, 3.63) is 83.0 Å². The van der Waals surface area contributed by atoms with Gasteiger partial charge in [0.1, 0.15) is 11.5 Å². The van der Waals surface area contributed by atoms with Gasteiger partial charge in [-0.1, -0.05) is 73.9 Å². The van der Waals surface area contributed by atoms with Crippen molar-refractivity contribution in [1.29, 1.82) is 0 Å². The molecule has 1 heterocycles. The van der Waals surface area contributed by atoms with Crippen molar-refractivity contribution < 1.29 is 9.84 Å². The standard InChI is InChI=1S/C32H42N2O2S/c1-5-6-8-13-25-17-29(35)31(28-16-23(4)14-15-27(28)22(2)3)30(18-25)36-32(37)33-19-26-21-34(26)20-24-11-9-7-10-12-24/h7,9-12,16-18,26-28,35H,2,5-6,8,13-15,19-21H2,1,3-4H3,(H,33,37)/t26?,27-,28+,34?/m0/s1. The van der Waals surface area contributed by atoms with Crippen LogP contribution in [0.3, 0.4) is 0 Å². The number of phenolic OH excluding ortho intramolecular Hbond substituents is 1. The van der Waals surface area contributed by atoms with E-state index in [-0.39, 0.29) is 11.8 Å². The Balaban J connectivity index is 1.48. The topological polar surface area (TPSA) is 44.5 Å². The van der Waals surface area contributed by atoms with E-state index < -0.39 is 0 Å². The lowest BCUT2D eigenvalue weighted by Gasteiger charge is -2.32. The van der Waals surface area contributed by atoms with Crippen LogP contribution >= 0.6 is 12.2 Å². The molecule has 1 aliphatic heterocycles. The van der Waals surface area contributed by atoms with Crippen molar-refractivity contribution in [2.24, 2.45) is 5.92 Å². The third kappa shape index (κ3) is 7.45. The average Bonchev–Trinajstić information content (AvgIpc) is 3.60. The molecule has 0 aromatic heterocycles. The number of rotatable bonds is 11. The van der Waals surface area contributed by atoms with Crippen LogP contribution in [-0.4, -0.2) is 34.3 Å². The minimum Gasteiger partial charge on any atom is -0.507 e. The molecule has 5 heteroatoms. The third-order valence-corrected chi connectivity index (χ3v) is 7.93. The fourth-order valence-corrected chi connectivity index (χ4v) is 5.66. The van der Waals surface area contributed by atoms with Crippen LogP contribution < -0.4 is 10.1 Å². The summed E-state index contributed by atoms with van der Waals surface area (Å²) in [6, 6.07) is 15.0. The second-order valence-electron chi connectivity index (χ2n) is 10.9. The summed E-state index contributed by atoms with van der Waals surface area (Å²) in [6.45, 7) is 13.5. The Bertz CT molecular complexity index is 1130. The predicted molar refractivity (Wildman–Crippen MR) is 157 cm³/mol. The zero-order chi connectivity index (χ0) is 26.4. The molecule has 1 aliphatic carbocycles. The Morgan fingerprint density at radius 1 is 1.19 bits per heavy atom. The van der Waals surface area contributed by atoms with Crippen LogP contribution in [0.1, 0.15) is 75.5 Å². The highest BCUT2D eigenvalue weighted by Crippen LogP contribution is 2.47. The first-order valence-corrected chi connectivity index (χ1v) is 14.2. The quantitative estimate of drug-likeness (QED) is 0.142. The molecule has 0 bridgehead atoms. The molecule has 198 valence electrons. The van der Waals surface area contributed by atoms with Crippen LogP contribution in [0, 0.1) is 5.92 Å². The van der Waals surface area contributed by atoms with E-state index in [9.17, 15) is 5.11 Å². The summed E-state index contributed by atoms with van der Waals surface area (Å²) in [5.74, 6) is 1.26. The van der Waals surface area contributed by atoms with E-state index in [4.69, 9.17) is 17.0 Å². The van der Waals surface area contributed by atoms with Crippen LogP contribution in [-0.2, 0) is 13.0 Å². The lowest BCUT2D eigenvalue weighted by Crippen LogP contribution is -2.31. The fourth-order valence-electron chi connectivity index (χ4n) is 5.48. The summed E-state index contributed by atoms with van der Waals surface area (Å²) in [5, 5.41) is 15.0. The van der Waals surface area contributed by atoms with Crippen molar-refractivity contribution in [1.82, 2.24) is 10.2 Å². The summed E-state index contributed by atoms with van der Waals surface area (Å²) in [4.78, 5) is 2.42. The first kappa shape index (κ1) is 27.4. The number of phenols is 1. The highest BCUT2D eigenvalue weighted by molar-refractivity contribution is 7.80. The van der Waals surface area contributed by atoms with Crippen LogP contribution in [0.5, 0.6) is 11.5 Å². The molecular formula is C32H42N2O2S. The van der Waals surface area contributed by atoms with E-state index in [2.05, 4.69) is 74.0 Å². The maximum Gasteiger partial charge on any atom is 0.262 e. The van der Waals surface area contributed by atoms with E-state index in [0.717, 1.165) is 68.4 Å². The Hall–Kier alpha value is -2.63. The Kier molecular flexibility index (Phi) is 9.44. The molecular weight excluding hydrogens is 476 g/mol. The molecule has 2 aliphatic rings. The van der Waals surface area contributed by atoms with Gasteiger partial charge >= 0.3 is 0 Å². The van der Waals surface area contributed by atoms with Gasteiger partial charge in [0.2, 0.25) is 0 Å². The maximum atomic E-state index is 11.3. The Morgan fingerprint density at radius 2 is 1.97 bits per heavy atom. The van der Waals surface area contributed by atoms with E-state index >= 15 is 0 Å². The Morgan fingerprint density at radius 3 is 2.70 bits per heavy atom. The van der Waals surface area contributed by atoms with Crippen molar-refractivity contribution in [3.8, 4) is 11.5 Å². The van der Waals surface area contributed by atoms with Gasteiger partial charge < -0.3 is 15.2 Å². The molecule has 37 heavy (non-hydrogen) atoms. The molecule has 0 amide bonds. The smallest absolute Gasteiger partial charge is 0.262 e. The molecule has 0 radical (unpaired) electrons. The average molecular weight is 519 g/mol. The minimum absolute atomic E-state index is 0.0264. The van der Waals surface area contributed by atoms with E-state index in [1.165, 1.54) is 17.6 Å². The fraction of sp³-hybridized carbons (Fsp3) is 0.469. The monoisotopic (exact) mass is 518 g/mol. The van der Waals surface area contributed by atoms with Crippen LogP contribution in [0.2, 0.25) is 0 Å². The van der Waals surface area contributed by atoms with Crippen molar-refractivity contribution >= 4 is 17.4 Å². The summed E-state index contributed by atoms with van der Waals surface area (Å²) in [6.07, 6.45) is 8.70. The molecule has 1 fully saturated rings. The van der Waals surface area contributed by atoms with Crippen LogP contribution in [0.4, 0.5) is 0 Å². The number of unbranched alkanes of at least 4 members (excludes halogenated alkanes) is 2. The number of hydrogen-bond donors (Lipinski definition) is 2. The second kappa shape index (κ2) is 12.7. The second-order valence-corrected chi connectivity index (χ2v) is 11.2. The predicted octanol–water partition coefficient (Wildman–Crippen LogP) is 7.28. The molecule has 1 saturated heterocycles. The van der Waals surface area contributed by atoms with E-state index in [1.807, 2.05) is 12.1 Å². The van der Waals surface area contributed by atoms with Crippen molar-refractivity contribution in [3.63, 3.8) is 0 Å². The number of aromatic hydroxyl groups is 1. The molecule has 2 N–H and O–H groups in total. The zero-order valence-corrected chi connectivity index (χ0v) is 23.4. The largest absolute Gasteiger partial charge is 0.507 e. The molecule has 0 spiro atoms. The molecule has 2 aromatic rings. The highest BCUT2D eigenvalue weighted by atomic mass is 32.1. The lowest BCUT2D eigenvalue weighted by molar-refractivity contribution is 0.419. The van der Waals surface area contributed by atoms with Gasteiger partial charge in [0.25, 0.3) is 5.17 Å². The SMILES string of the molecule is C=C(C)[C@@H]1CCC(C)=C[C@H]1c1c(O)cc(CCCCC)cc1OC(=S)NCC1CN1Cc1ccccc1. The number of thiocarbonyl (C=S) groups is 1. The molecule has 0 saturated carbocycles.